The smallest absolute Gasteiger partial charge is 0.281 e. The molecule has 4 rings (SSSR count). The average Bonchev–Trinajstić information content (AvgIpc) is 3.14. The van der Waals surface area contributed by atoms with Crippen molar-refractivity contribution in [2.75, 3.05) is 0 Å². The number of nitrogens with zero attached hydrogens (tertiary/aromatic N) is 4. The molecular weight excluding hydrogens is 404 g/mol. The Kier molecular flexibility index (Phi) is 5.74. The summed E-state index contributed by atoms with van der Waals surface area (Å²) in [5.74, 6) is 0.738. The number of rotatable bonds is 6. The van der Waals surface area contributed by atoms with Gasteiger partial charge in [0.15, 0.2) is 10.7 Å². The second-order valence-corrected chi connectivity index (χ2v) is 8.29. The molecule has 0 radical (unpaired) electrons. The number of fused-ring (bicyclic) bond motifs is 1. The van der Waals surface area contributed by atoms with Crippen molar-refractivity contribution in [3.05, 3.63) is 86.8 Å². The quantitative estimate of drug-likeness (QED) is 0.326. The first-order valence-electron chi connectivity index (χ1n) is 9.44. The highest BCUT2D eigenvalue weighted by atomic mass is 35.5. The lowest BCUT2D eigenvalue weighted by Crippen LogP contribution is -2.24. The minimum absolute atomic E-state index is 0.121. The number of benzene rings is 2. The molecule has 2 heterocycles. The highest BCUT2D eigenvalue weighted by Crippen LogP contribution is 2.23. The molecule has 0 atom stereocenters. The van der Waals surface area contributed by atoms with Gasteiger partial charge >= 0.3 is 0 Å². The minimum atomic E-state index is -0.121. The average molecular weight is 425 g/mol. The second-order valence-electron chi connectivity index (χ2n) is 6.91. The molecule has 0 aliphatic rings. The van der Waals surface area contributed by atoms with Gasteiger partial charge in [-0.2, -0.15) is 5.10 Å². The van der Waals surface area contributed by atoms with E-state index in [0.29, 0.717) is 34.3 Å². The molecule has 0 spiro atoms. The lowest BCUT2D eigenvalue weighted by atomic mass is 10.2. The maximum absolute atomic E-state index is 13.2. The Hall–Kier alpha value is -2.57. The maximum Gasteiger partial charge on any atom is 0.282 e. The number of thioether (sulfide) groups is 1. The van der Waals surface area contributed by atoms with E-state index in [1.54, 1.807) is 21.0 Å². The molecule has 29 heavy (non-hydrogen) atoms. The van der Waals surface area contributed by atoms with E-state index >= 15 is 0 Å². The number of aryl methyl sites for hydroxylation is 2. The van der Waals surface area contributed by atoms with Gasteiger partial charge in [0.1, 0.15) is 5.52 Å². The van der Waals surface area contributed by atoms with Crippen molar-refractivity contribution in [1.82, 2.24) is 19.3 Å². The predicted octanol–water partition coefficient (Wildman–Crippen LogP) is 4.92. The molecular formula is C22H21ClN4OS. The van der Waals surface area contributed by atoms with Crippen LogP contribution in [0.15, 0.2) is 64.7 Å². The van der Waals surface area contributed by atoms with Crippen LogP contribution in [-0.4, -0.2) is 19.3 Å². The first-order chi connectivity index (χ1) is 14.0. The minimum Gasteiger partial charge on any atom is -0.281 e. The summed E-state index contributed by atoms with van der Waals surface area (Å²) in [4.78, 5) is 18.0. The lowest BCUT2D eigenvalue weighted by Gasteiger charge is -2.12. The van der Waals surface area contributed by atoms with Gasteiger partial charge in [0.2, 0.25) is 0 Å². The van der Waals surface area contributed by atoms with Gasteiger partial charge in [-0.15, -0.1) is 0 Å². The molecule has 2 aromatic heterocycles. The van der Waals surface area contributed by atoms with Crippen molar-refractivity contribution in [1.29, 1.82) is 0 Å². The molecule has 0 unspecified atom stereocenters. The summed E-state index contributed by atoms with van der Waals surface area (Å²) < 4.78 is 3.46. The molecule has 0 saturated heterocycles. The summed E-state index contributed by atoms with van der Waals surface area (Å²) in [6.07, 6.45) is 1.83. The molecule has 0 N–H and O–H groups in total. The highest BCUT2D eigenvalue weighted by molar-refractivity contribution is 7.98. The Morgan fingerprint density at radius 1 is 1.10 bits per heavy atom. The second kappa shape index (κ2) is 8.43. The number of aromatic nitrogens is 4. The normalized spacial score (nSPS) is 11.3. The van der Waals surface area contributed by atoms with E-state index in [1.807, 2.05) is 43.5 Å². The highest BCUT2D eigenvalue weighted by Gasteiger charge is 2.15. The maximum atomic E-state index is 13.2. The molecule has 0 aliphatic carbocycles. The molecule has 0 fully saturated rings. The lowest BCUT2D eigenvalue weighted by molar-refractivity contribution is 0.650. The van der Waals surface area contributed by atoms with Gasteiger partial charge < -0.3 is 0 Å². The van der Waals surface area contributed by atoms with Crippen molar-refractivity contribution in [3.8, 4) is 0 Å². The van der Waals surface area contributed by atoms with Gasteiger partial charge in [-0.1, -0.05) is 65.3 Å². The van der Waals surface area contributed by atoms with Crippen LogP contribution in [0.5, 0.6) is 0 Å². The zero-order chi connectivity index (χ0) is 20.4. The van der Waals surface area contributed by atoms with Crippen LogP contribution in [0.2, 0.25) is 5.02 Å². The van der Waals surface area contributed by atoms with Crippen LogP contribution >= 0.6 is 23.4 Å². The summed E-state index contributed by atoms with van der Waals surface area (Å²) in [6, 6.07) is 15.9. The zero-order valence-electron chi connectivity index (χ0n) is 16.3. The van der Waals surface area contributed by atoms with Crippen molar-refractivity contribution < 1.29 is 0 Å². The fourth-order valence-corrected chi connectivity index (χ4v) is 4.22. The molecule has 7 heteroatoms. The predicted molar refractivity (Wildman–Crippen MR) is 119 cm³/mol. The molecule has 148 valence electrons. The molecule has 5 nitrogen and oxygen atoms in total. The van der Waals surface area contributed by atoms with Crippen molar-refractivity contribution in [2.24, 2.45) is 0 Å². The molecule has 4 aromatic rings. The van der Waals surface area contributed by atoms with E-state index in [1.165, 1.54) is 11.1 Å². The van der Waals surface area contributed by atoms with Crippen LogP contribution in [0.25, 0.3) is 11.0 Å². The topological polar surface area (TPSA) is 52.7 Å². The summed E-state index contributed by atoms with van der Waals surface area (Å²) in [5, 5.41) is 5.77. The van der Waals surface area contributed by atoms with Crippen molar-refractivity contribution in [3.63, 3.8) is 0 Å². The van der Waals surface area contributed by atoms with Crippen molar-refractivity contribution in [2.45, 2.75) is 37.8 Å². The van der Waals surface area contributed by atoms with Crippen LogP contribution in [-0.2, 0) is 18.8 Å². The Morgan fingerprint density at radius 3 is 2.62 bits per heavy atom. The summed E-state index contributed by atoms with van der Waals surface area (Å²) in [7, 11) is 0. The monoisotopic (exact) mass is 424 g/mol. The van der Waals surface area contributed by atoms with Gasteiger partial charge in [-0.05, 0) is 37.1 Å². The van der Waals surface area contributed by atoms with E-state index < -0.39 is 0 Å². The molecule has 2 aromatic carbocycles. The third-order valence-corrected chi connectivity index (χ3v) is 5.96. The SMILES string of the molecule is CCn1cc2nc(SCc3cccc(C)c3)n(Cc3ccc(Cl)cc3)c(=O)c2n1. The number of hydrogen-bond acceptors (Lipinski definition) is 4. The van der Waals surface area contributed by atoms with Crippen LogP contribution in [0.1, 0.15) is 23.6 Å². The van der Waals surface area contributed by atoms with E-state index in [2.05, 4.69) is 30.2 Å². The first kappa shape index (κ1) is 19.7. The molecule has 0 aliphatic heterocycles. The number of hydrogen-bond donors (Lipinski definition) is 0. The fraction of sp³-hybridized carbons (Fsp3) is 0.227. The standard InChI is InChI=1S/C22H21ClN4OS/c1-3-26-13-19-20(25-26)21(28)27(12-16-7-9-18(23)10-8-16)22(24-19)29-14-17-6-4-5-15(2)11-17/h4-11,13H,3,12,14H2,1-2H3. The van der Waals surface area contributed by atoms with Gasteiger partial charge in [0, 0.05) is 17.3 Å². The first-order valence-corrected chi connectivity index (χ1v) is 10.8. The molecule has 0 amide bonds. The van der Waals surface area contributed by atoms with Gasteiger partial charge in [-0.3, -0.25) is 14.0 Å². The Labute approximate surface area is 178 Å². The molecule has 0 saturated carbocycles. The summed E-state index contributed by atoms with van der Waals surface area (Å²) in [6.45, 7) is 5.19. The van der Waals surface area contributed by atoms with Gasteiger partial charge in [-0.25, -0.2) is 4.98 Å². The van der Waals surface area contributed by atoms with Crippen LogP contribution in [0, 0.1) is 6.92 Å². The third kappa shape index (κ3) is 4.38. The van der Waals surface area contributed by atoms with E-state index in [0.717, 1.165) is 11.3 Å². The Morgan fingerprint density at radius 2 is 1.90 bits per heavy atom. The van der Waals surface area contributed by atoms with E-state index in [-0.39, 0.29) is 5.56 Å². The zero-order valence-corrected chi connectivity index (χ0v) is 17.9. The van der Waals surface area contributed by atoms with Gasteiger partial charge in [0.25, 0.3) is 5.56 Å². The number of halogens is 1. The van der Waals surface area contributed by atoms with Crippen LogP contribution in [0.3, 0.4) is 0 Å². The van der Waals surface area contributed by atoms with Crippen molar-refractivity contribution >= 4 is 34.4 Å². The Balaban J connectivity index is 1.75. The third-order valence-electron chi connectivity index (χ3n) is 4.67. The van der Waals surface area contributed by atoms with E-state index in [4.69, 9.17) is 16.6 Å². The Bertz CT molecular complexity index is 1210. The van der Waals surface area contributed by atoms with Gasteiger partial charge in [0.05, 0.1) is 12.7 Å². The van der Waals surface area contributed by atoms with E-state index in [9.17, 15) is 4.79 Å². The fourth-order valence-electron chi connectivity index (χ4n) is 3.16. The summed E-state index contributed by atoms with van der Waals surface area (Å²) >= 11 is 7.57. The van der Waals surface area contributed by atoms with Crippen LogP contribution < -0.4 is 5.56 Å². The molecule has 0 bridgehead atoms. The van der Waals surface area contributed by atoms with Crippen LogP contribution in [0.4, 0.5) is 0 Å². The largest absolute Gasteiger partial charge is 0.282 e. The summed E-state index contributed by atoms with van der Waals surface area (Å²) in [5.41, 5.74) is 4.33.